The predicted molar refractivity (Wildman–Crippen MR) is 78.2 cm³/mol. The molecule has 0 radical (unpaired) electrons. The van der Waals surface area contributed by atoms with Crippen LogP contribution in [0, 0.1) is 5.82 Å². The molecule has 0 aromatic heterocycles. The molecule has 2 atom stereocenters. The second-order valence-electron chi connectivity index (χ2n) is 5.85. The molecule has 21 heavy (non-hydrogen) atoms. The molecule has 112 valence electrons. The van der Waals surface area contributed by atoms with Gasteiger partial charge in [0.15, 0.2) is 0 Å². The summed E-state index contributed by atoms with van der Waals surface area (Å²) in [6.45, 7) is 0.701. The van der Waals surface area contributed by atoms with E-state index >= 15 is 0 Å². The van der Waals surface area contributed by atoms with Crippen LogP contribution in [0.3, 0.4) is 0 Å². The van der Waals surface area contributed by atoms with Crippen LogP contribution in [0.1, 0.15) is 43.6 Å². The Morgan fingerprint density at radius 1 is 1.24 bits per heavy atom. The van der Waals surface area contributed by atoms with Crippen LogP contribution in [0.5, 0.6) is 0 Å². The van der Waals surface area contributed by atoms with Gasteiger partial charge in [0, 0.05) is 6.04 Å². The molecular formula is C17H20FNO2. The van der Waals surface area contributed by atoms with Crippen molar-refractivity contribution in [2.45, 2.75) is 44.1 Å². The van der Waals surface area contributed by atoms with Crippen LogP contribution in [-0.4, -0.2) is 18.6 Å². The van der Waals surface area contributed by atoms with Crippen LogP contribution in [-0.2, 0) is 9.53 Å². The summed E-state index contributed by atoms with van der Waals surface area (Å²) >= 11 is 0. The standard InChI is InChI=1S/C17H20FNO2/c18-15-6-3-12(4-7-15)13-5-8-16(10-13)19-17(20)14-2-1-9-21-11-14/h3-4,6-7,11,13,16H,1-2,5,8-10H2,(H,19,20)/t13-,16-/m0/s1. The van der Waals surface area contributed by atoms with Crippen molar-refractivity contribution in [2.24, 2.45) is 0 Å². The van der Waals surface area contributed by atoms with Gasteiger partial charge in [0.25, 0.3) is 5.91 Å². The SMILES string of the molecule is O=C(N[C@H]1CC[C@H](c2ccc(F)cc2)C1)C1=COCCC1. The van der Waals surface area contributed by atoms with Gasteiger partial charge in [-0.15, -0.1) is 0 Å². The van der Waals surface area contributed by atoms with Gasteiger partial charge >= 0.3 is 0 Å². The first kappa shape index (κ1) is 14.1. The van der Waals surface area contributed by atoms with Crippen molar-refractivity contribution >= 4 is 5.91 Å². The van der Waals surface area contributed by atoms with Gasteiger partial charge < -0.3 is 10.1 Å². The highest BCUT2D eigenvalue weighted by Crippen LogP contribution is 2.34. The Morgan fingerprint density at radius 2 is 2.05 bits per heavy atom. The van der Waals surface area contributed by atoms with Crippen LogP contribution in [0.15, 0.2) is 36.1 Å². The zero-order valence-corrected chi connectivity index (χ0v) is 12.0. The van der Waals surface area contributed by atoms with Crippen molar-refractivity contribution in [2.75, 3.05) is 6.61 Å². The van der Waals surface area contributed by atoms with Crippen LogP contribution in [0.4, 0.5) is 4.39 Å². The molecule has 3 rings (SSSR count). The summed E-state index contributed by atoms with van der Waals surface area (Å²) in [7, 11) is 0. The van der Waals surface area contributed by atoms with E-state index in [1.807, 2.05) is 12.1 Å². The number of carbonyl (C=O) groups is 1. The van der Waals surface area contributed by atoms with Crippen LogP contribution >= 0.6 is 0 Å². The highest BCUT2D eigenvalue weighted by atomic mass is 19.1. The number of hydrogen-bond donors (Lipinski definition) is 1. The second kappa shape index (κ2) is 6.29. The smallest absolute Gasteiger partial charge is 0.250 e. The van der Waals surface area contributed by atoms with Crippen molar-refractivity contribution in [1.82, 2.24) is 5.32 Å². The molecule has 1 N–H and O–H groups in total. The average Bonchev–Trinajstić information content (AvgIpc) is 2.97. The number of amides is 1. The van der Waals surface area contributed by atoms with Crippen LogP contribution < -0.4 is 5.32 Å². The van der Waals surface area contributed by atoms with Gasteiger partial charge in [-0.05, 0) is 55.7 Å². The molecule has 4 heteroatoms. The number of ether oxygens (including phenoxy) is 1. The van der Waals surface area contributed by atoms with Gasteiger partial charge in [0.1, 0.15) is 5.82 Å². The summed E-state index contributed by atoms with van der Waals surface area (Å²) < 4.78 is 18.2. The fraction of sp³-hybridized carbons (Fsp3) is 0.471. The fourth-order valence-electron chi connectivity index (χ4n) is 3.16. The van der Waals surface area contributed by atoms with Crippen molar-refractivity contribution in [3.63, 3.8) is 0 Å². The summed E-state index contributed by atoms with van der Waals surface area (Å²) in [5.74, 6) is 0.206. The maximum Gasteiger partial charge on any atom is 0.250 e. The van der Waals surface area contributed by atoms with Gasteiger partial charge in [0.2, 0.25) is 0 Å². The molecule has 1 fully saturated rings. The van der Waals surface area contributed by atoms with Crippen molar-refractivity contribution in [3.05, 3.63) is 47.5 Å². The van der Waals surface area contributed by atoms with E-state index in [9.17, 15) is 9.18 Å². The Balaban J connectivity index is 1.56. The van der Waals surface area contributed by atoms with E-state index in [-0.39, 0.29) is 17.8 Å². The highest BCUT2D eigenvalue weighted by molar-refractivity contribution is 5.93. The van der Waals surface area contributed by atoms with E-state index in [0.29, 0.717) is 12.5 Å². The van der Waals surface area contributed by atoms with Crippen LogP contribution in [0.25, 0.3) is 0 Å². The molecule has 1 amide bonds. The summed E-state index contributed by atoms with van der Waals surface area (Å²) in [6, 6.07) is 6.91. The lowest BCUT2D eigenvalue weighted by Crippen LogP contribution is -2.34. The molecule has 1 aromatic rings. The molecule has 1 aromatic carbocycles. The Labute approximate surface area is 124 Å². The summed E-state index contributed by atoms with van der Waals surface area (Å²) in [4.78, 5) is 12.1. The minimum atomic E-state index is -0.203. The lowest BCUT2D eigenvalue weighted by Gasteiger charge is -2.17. The van der Waals surface area contributed by atoms with Crippen molar-refractivity contribution < 1.29 is 13.9 Å². The van der Waals surface area contributed by atoms with E-state index < -0.39 is 0 Å². The third-order valence-electron chi connectivity index (χ3n) is 4.33. The Bertz CT molecular complexity index is 538. The maximum atomic E-state index is 13.0. The monoisotopic (exact) mass is 289 g/mol. The summed E-state index contributed by atoms with van der Waals surface area (Å²) in [5, 5.41) is 3.10. The second-order valence-corrected chi connectivity index (χ2v) is 5.85. The molecule has 2 aliphatic rings. The van der Waals surface area contributed by atoms with Crippen LogP contribution in [0.2, 0.25) is 0 Å². The Morgan fingerprint density at radius 3 is 2.76 bits per heavy atom. The number of nitrogens with one attached hydrogen (secondary N) is 1. The molecule has 0 unspecified atom stereocenters. The third-order valence-corrected chi connectivity index (χ3v) is 4.33. The first-order valence-corrected chi connectivity index (χ1v) is 7.59. The Kier molecular flexibility index (Phi) is 4.23. The summed E-state index contributed by atoms with van der Waals surface area (Å²) in [5.41, 5.74) is 1.90. The first-order valence-electron chi connectivity index (χ1n) is 7.59. The first-order chi connectivity index (χ1) is 10.2. The highest BCUT2D eigenvalue weighted by Gasteiger charge is 2.28. The topological polar surface area (TPSA) is 38.3 Å². The number of benzene rings is 1. The number of rotatable bonds is 3. The zero-order valence-electron chi connectivity index (χ0n) is 12.0. The fourth-order valence-corrected chi connectivity index (χ4v) is 3.16. The minimum absolute atomic E-state index is 0.000504. The maximum absolute atomic E-state index is 13.0. The molecule has 3 nitrogen and oxygen atoms in total. The quantitative estimate of drug-likeness (QED) is 0.927. The lowest BCUT2D eigenvalue weighted by atomic mass is 9.97. The van der Waals surface area contributed by atoms with E-state index in [2.05, 4.69) is 5.32 Å². The van der Waals surface area contributed by atoms with Gasteiger partial charge in [-0.3, -0.25) is 4.79 Å². The van der Waals surface area contributed by atoms with E-state index in [0.717, 1.165) is 43.2 Å². The lowest BCUT2D eigenvalue weighted by molar-refractivity contribution is -0.118. The molecular weight excluding hydrogens is 269 g/mol. The van der Waals surface area contributed by atoms with Gasteiger partial charge in [-0.1, -0.05) is 12.1 Å². The average molecular weight is 289 g/mol. The molecule has 1 aliphatic carbocycles. The molecule has 1 heterocycles. The van der Waals surface area contributed by atoms with Gasteiger partial charge in [-0.25, -0.2) is 4.39 Å². The van der Waals surface area contributed by atoms with E-state index in [1.165, 1.54) is 12.1 Å². The molecule has 0 spiro atoms. The largest absolute Gasteiger partial charge is 0.501 e. The number of hydrogen-bond acceptors (Lipinski definition) is 2. The van der Waals surface area contributed by atoms with E-state index in [4.69, 9.17) is 4.74 Å². The molecule has 0 saturated heterocycles. The van der Waals surface area contributed by atoms with Crippen molar-refractivity contribution in [3.8, 4) is 0 Å². The number of halogens is 1. The van der Waals surface area contributed by atoms with Gasteiger partial charge in [-0.2, -0.15) is 0 Å². The molecule has 1 saturated carbocycles. The summed E-state index contributed by atoms with van der Waals surface area (Å²) in [6.07, 6.45) is 6.22. The molecule has 1 aliphatic heterocycles. The molecule has 0 bridgehead atoms. The van der Waals surface area contributed by atoms with Gasteiger partial charge in [0.05, 0.1) is 18.4 Å². The number of carbonyl (C=O) groups excluding carboxylic acids is 1. The minimum Gasteiger partial charge on any atom is -0.501 e. The van der Waals surface area contributed by atoms with Crippen molar-refractivity contribution in [1.29, 1.82) is 0 Å². The third kappa shape index (κ3) is 3.43. The normalized spacial score (nSPS) is 25.1. The van der Waals surface area contributed by atoms with E-state index in [1.54, 1.807) is 6.26 Å². The predicted octanol–water partition coefficient (Wildman–Crippen LogP) is 3.27. The Hall–Kier alpha value is -1.84. The zero-order chi connectivity index (χ0) is 14.7.